The summed E-state index contributed by atoms with van der Waals surface area (Å²) in [6.07, 6.45) is -0.740. The maximum absolute atomic E-state index is 12.1. The van der Waals surface area contributed by atoms with Crippen molar-refractivity contribution in [1.29, 1.82) is 0 Å². The van der Waals surface area contributed by atoms with Crippen LogP contribution < -0.4 is 5.32 Å². The number of fused-ring (bicyclic) bond motifs is 1. The van der Waals surface area contributed by atoms with Crippen molar-refractivity contribution >= 4 is 16.7 Å². The molecule has 0 spiro atoms. The van der Waals surface area contributed by atoms with Crippen LogP contribution in [0.4, 0.5) is 0 Å². The maximum atomic E-state index is 12.1. The summed E-state index contributed by atoms with van der Waals surface area (Å²) < 4.78 is 0. The lowest BCUT2D eigenvalue weighted by Gasteiger charge is -2.15. The van der Waals surface area contributed by atoms with E-state index in [1.54, 1.807) is 12.1 Å². The smallest absolute Gasteiger partial charge is 0.251 e. The van der Waals surface area contributed by atoms with E-state index in [0.29, 0.717) is 5.56 Å². The first kappa shape index (κ1) is 15.3. The zero-order valence-corrected chi connectivity index (χ0v) is 13.0. The van der Waals surface area contributed by atoms with E-state index in [4.69, 9.17) is 0 Å². The van der Waals surface area contributed by atoms with Gasteiger partial charge < -0.3 is 10.4 Å². The summed E-state index contributed by atoms with van der Waals surface area (Å²) in [7, 11) is 0. The Kier molecular flexibility index (Phi) is 4.40. The summed E-state index contributed by atoms with van der Waals surface area (Å²) in [5, 5.41) is 15.3. The molecule has 1 unspecified atom stereocenters. The SMILES string of the molecule is Cc1ccc(C(=O)NCC(O)c2cccc3ccccc23)cc1. The Morgan fingerprint density at radius 2 is 1.70 bits per heavy atom. The summed E-state index contributed by atoms with van der Waals surface area (Å²) in [5.74, 6) is -0.177. The molecule has 3 heteroatoms. The highest BCUT2D eigenvalue weighted by atomic mass is 16.3. The molecule has 0 bridgehead atoms. The molecular weight excluding hydrogens is 286 g/mol. The van der Waals surface area contributed by atoms with Gasteiger partial charge in [0.25, 0.3) is 5.91 Å². The number of hydrogen-bond acceptors (Lipinski definition) is 2. The number of carbonyl (C=O) groups is 1. The van der Waals surface area contributed by atoms with Gasteiger partial charge >= 0.3 is 0 Å². The van der Waals surface area contributed by atoms with Crippen LogP contribution in [0, 0.1) is 6.92 Å². The highest BCUT2D eigenvalue weighted by Gasteiger charge is 2.13. The second-order valence-corrected chi connectivity index (χ2v) is 5.66. The normalized spacial score (nSPS) is 12.1. The summed E-state index contributed by atoms with van der Waals surface area (Å²) >= 11 is 0. The average molecular weight is 305 g/mol. The van der Waals surface area contributed by atoms with Crippen molar-refractivity contribution in [2.24, 2.45) is 0 Å². The quantitative estimate of drug-likeness (QED) is 0.773. The number of nitrogens with one attached hydrogen (secondary N) is 1. The molecule has 0 aliphatic carbocycles. The first-order valence-corrected chi connectivity index (χ1v) is 7.66. The molecule has 23 heavy (non-hydrogen) atoms. The van der Waals surface area contributed by atoms with Gasteiger partial charge in [-0.25, -0.2) is 0 Å². The second kappa shape index (κ2) is 6.63. The van der Waals surface area contributed by atoms with Crippen molar-refractivity contribution in [1.82, 2.24) is 5.32 Å². The molecule has 2 N–H and O–H groups in total. The lowest BCUT2D eigenvalue weighted by molar-refractivity contribution is 0.0917. The van der Waals surface area contributed by atoms with Gasteiger partial charge in [0, 0.05) is 12.1 Å². The van der Waals surface area contributed by atoms with E-state index in [1.807, 2.05) is 61.5 Å². The minimum absolute atomic E-state index is 0.177. The summed E-state index contributed by atoms with van der Waals surface area (Å²) in [6.45, 7) is 2.16. The van der Waals surface area contributed by atoms with E-state index in [9.17, 15) is 9.90 Å². The number of aliphatic hydroxyl groups excluding tert-OH is 1. The molecule has 0 aliphatic heterocycles. The van der Waals surface area contributed by atoms with Crippen molar-refractivity contribution in [3.8, 4) is 0 Å². The Bertz CT molecular complexity index is 819. The largest absolute Gasteiger partial charge is 0.387 e. The summed E-state index contributed by atoms with van der Waals surface area (Å²) in [5.41, 5.74) is 2.53. The number of amides is 1. The van der Waals surface area contributed by atoms with Crippen LogP contribution in [0.2, 0.25) is 0 Å². The predicted octanol–water partition coefficient (Wildman–Crippen LogP) is 3.61. The second-order valence-electron chi connectivity index (χ2n) is 5.66. The third-order valence-corrected chi connectivity index (χ3v) is 3.95. The molecule has 0 heterocycles. The van der Waals surface area contributed by atoms with Crippen LogP contribution in [-0.4, -0.2) is 17.6 Å². The number of aryl methyl sites for hydroxylation is 1. The van der Waals surface area contributed by atoms with Gasteiger partial charge in [-0.1, -0.05) is 60.2 Å². The monoisotopic (exact) mass is 305 g/mol. The Balaban J connectivity index is 1.72. The molecule has 1 atom stereocenters. The highest BCUT2D eigenvalue weighted by molar-refractivity contribution is 5.94. The lowest BCUT2D eigenvalue weighted by Crippen LogP contribution is -2.28. The minimum Gasteiger partial charge on any atom is -0.387 e. The van der Waals surface area contributed by atoms with E-state index in [-0.39, 0.29) is 12.5 Å². The van der Waals surface area contributed by atoms with Crippen molar-refractivity contribution in [3.05, 3.63) is 83.4 Å². The van der Waals surface area contributed by atoms with Crippen LogP contribution in [0.5, 0.6) is 0 Å². The Labute approximate surface area is 135 Å². The third-order valence-electron chi connectivity index (χ3n) is 3.95. The van der Waals surface area contributed by atoms with Crippen molar-refractivity contribution in [2.45, 2.75) is 13.0 Å². The molecule has 0 aromatic heterocycles. The number of rotatable bonds is 4. The van der Waals surface area contributed by atoms with Crippen LogP contribution in [0.3, 0.4) is 0 Å². The van der Waals surface area contributed by atoms with Crippen molar-refractivity contribution < 1.29 is 9.90 Å². The Hall–Kier alpha value is -2.65. The number of benzene rings is 3. The summed E-state index contributed by atoms with van der Waals surface area (Å²) in [4.78, 5) is 12.1. The molecule has 0 aliphatic rings. The van der Waals surface area contributed by atoms with Crippen LogP contribution in [0.15, 0.2) is 66.7 Å². The first-order valence-electron chi connectivity index (χ1n) is 7.66. The zero-order valence-electron chi connectivity index (χ0n) is 13.0. The predicted molar refractivity (Wildman–Crippen MR) is 92.4 cm³/mol. The molecule has 3 aromatic carbocycles. The molecule has 3 rings (SSSR count). The van der Waals surface area contributed by atoms with Crippen molar-refractivity contribution in [3.63, 3.8) is 0 Å². The van der Waals surface area contributed by atoms with Gasteiger partial charge in [0.2, 0.25) is 0 Å². The highest BCUT2D eigenvalue weighted by Crippen LogP contribution is 2.23. The average Bonchev–Trinajstić information content (AvgIpc) is 2.59. The van der Waals surface area contributed by atoms with Gasteiger partial charge in [0.1, 0.15) is 0 Å². The third kappa shape index (κ3) is 3.41. The molecule has 0 radical (unpaired) electrons. The zero-order chi connectivity index (χ0) is 16.2. The first-order chi connectivity index (χ1) is 11.1. The van der Waals surface area contributed by atoms with Crippen LogP contribution in [0.25, 0.3) is 10.8 Å². The number of hydrogen-bond donors (Lipinski definition) is 2. The van der Waals surface area contributed by atoms with E-state index in [0.717, 1.165) is 21.9 Å². The fraction of sp³-hybridized carbons (Fsp3) is 0.150. The number of aliphatic hydroxyl groups is 1. The van der Waals surface area contributed by atoms with Gasteiger partial charge in [0.15, 0.2) is 0 Å². The molecule has 0 saturated heterocycles. The van der Waals surface area contributed by atoms with Crippen LogP contribution >= 0.6 is 0 Å². The van der Waals surface area contributed by atoms with Gasteiger partial charge in [-0.3, -0.25) is 4.79 Å². The Morgan fingerprint density at radius 3 is 2.48 bits per heavy atom. The van der Waals surface area contributed by atoms with Gasteiger partial charge in [0.05, 0.1) is 6.10 Å². The molecule has 0 saturated carbocycles. The molecule has 3 nitrogen and oxygen atoms in total. The summed E-state index contributed by atoms with van der Waals surface area (Å²) in [6, 6.07) is 21.1. The Morgan fingerprint density at radius 1 is 1.00 bits per heavy atom. The fourth-order valence-corrected chi connectivity index (χ4v) is 2.65. The van der Waals surface area contributed by atoms with E-state index in [1.165, 1.54) is 0 Å². The van der Waals surface area contributed by atoms with Gasteiger partial charge in [-0.15, -0.1) is 0 Å². The molecule has 1 amide bonds. The van der Waals surface area contributed by atoms with Gasteiger partial charge in [-0.05, 0) is 35.4 Å². The fourth-order valence-electron chi connectivity index (χ4n) is 2.65. The van der Waals surface area contributed by atoms with E-state index in [2.05, 4.69) is 5.32 Å². The van der Waals surface area contributed by atoms with Crippen LogP contribution in [-0.2, 0) is 0 Å². The standard InChI is InChI=1S/C20H19NO2/c1-14-9-11-16(12-10-14)20(23)21-13-19(22)18-8-4-6-15-5-2-3-7-17(15)18/h2-12,19,22H,13H2,1H3,(H,21,23). The molecule has 116 valence electrons. The molecule has 0 fully saturated rings. The van der Waals surface area contributed by atoms with E-state index >= 15 is 0 Å². The van der Waals surface area contributed by atoms with Gasteiger partial charge in [-0.2, -0.15) is 0 Å². The van der Waals surface area contributed by atoms with Crippen molar-refractivity contribution in [2.75, 3.05) is 6.54 Å². The van der Waals surface area contributed by atoms with Crippen LogP contribution in [0.1, 0.15) is 27.6 Å². The maximum Gasteiger partial charge on any atom is 0.251 e. The number of carbonyl (C=O) groups excluding carboxylic acids is 1. The lowest BCUT2D eigenvalue weighted by atomic mass is 10.0. The van der Waals surface area contributed by atoms with E-state index < -0.39 is 6.10 Å². The molecule has 3 aromatic rings. The topological polar surface area (TPSA) is 49.3 Å². The minimum atomic E-state index is -0.740. The molecular formula is C20H19NO2.